The first kappa shape index (κ1) is 24.6. The van der Waals surface area contributed by atoms with E-state index >= 15 is 0 Å². The van der Waals surface area contributed by atoms with Crippen molar-refractivity contribution in [2.45, 2.75) is 31.5 Å². The first-order valence-corrected chi connectivity index (χ1v) is 10.9. The highest BCUT2D eigenvalue weighted by Gasteiger charge is 2.47. The van der Waals surface area contributed by atoms with Gasteiger partial charge in [-0.1, -0.05) is 37.3 Å². The van der Waals surface area contributed by atoms with Crippen LogP contribution >= 0.6 is 0 Å². The van der Waals surface area contributed by atoms with Gasteiger partial charge in [0.1, 0.15) is 6.61 Å². The van der Waals surface area contributed by atoms with Gasteiger partial charge in [0.2, 0.25) is 5.88 Å². The van der Waals surface area contributed by atoms with E-state index in [1.807, 2.05) is 6.07 Å². The summed E-state index contributed by atoms with van der Waals surface area (Å²) in [5, 5.41) is 4.24. The highest BCUT2D eigenvalue weighted by molar-refractivity contribution is 5.99. The molecule has 1 saturated heterocycles. The normalized spacial score (nSPS) is 20.0. The average Bonchev–Trinajstić information content (AvgIpc) is 3.19. The minimum Gasteiger partial charge on any atom is -0.475 e. The summed E-state index contributed by atoms with van der Waals surface area (Å²) in [5.74, 6) is -4.54. The molecule has 1 unspecified atom stereocenters. The number of carbonyl (C=O) groups is 1. The minimum absolute atomic E-state index is 0.0289. The Morgan fingerprint density at radius 2 is 1.89 bits per heavy atom. The molecule has 1 aliphatic heterocycles. The Morgan fingerprint density at radius 1 is 1.17 bits per heavy atom. The number of amides is 1. The quantitative estimate of drug-likeness (QED) is 0.465. The standard InChI is InChI=1S/C24H23F5N4O2/c1-15-10-23(25,26)14-33(19(15)13-35-20-9-8-17(11-30-20)24(27,28)29)22(34)21-18(12-32(2)31-21)16-6-4-3-5-7-16/h3-9,11-12,15,19H,10,13-14H2,1-2H3/t15-,19?/m1/s1. The van der Waals surface area contributed by atoms with Crippen molar-refractivity contribution in [2.75, 3.05) is 13.2 Å². The lowest BCUT2D eigenvalue weighted by Gasteiger charge is -2.42. The molecule has 1 aliphatic rings. The van der Waals surface area contributed by atoms with Crippen LogP contribution in [0.15, 0.2) is 54.9 Å². The van der Waals surface area contributed by atoms with Crippen LogP contribution in [0.3, 0.4) is 0 Å². The van der Waals surface area contributed by atoms with Crippen LogP contribution in [0.2, 0.25) is 0 Å². The van der Waals surface area contributed by atoms with E-state index in [2.05, 4.69) is 10.1 Å². The number of rotatable bonds is 5. The van der Waals surface area contributed by atoms with Crippen LogP contribution < -0.4 is 4.74 Å². The first-order valence-electron chi connectivity index (χ1n) is 10.9. The lowest BCUT2D eigenvalue weighted by Crippen LogP contribution is -2.57. The third-order valence-electron chi connectivity index (χ3n) is 5.92. The highest BCUT2D eigenvalue weighted by Crippen LogP contribution is 2.36. The van der Waals surface area contributed by atoms with E-state index in [0.717, 1.165) is 17.0 Å². The average molecular weight is 494 g/mol. The lowest BCUT2D eigenvalue weighted by molar-refractivity contribution is -0.137. The number of aromatic nitrogens is 3. The molecule has 1 fully saturated rings. The van der Waals surface area contributed by atoms with E-state index in [9.17, 15) is 26.7 Å². The molecule has 1 amide bonds. The Morgan fingerprint density at radius 3 is 2.51 bits per heavy atom. The van der Waals surface area contributed by atoms with Crippen LogP contribution in [0.1, 0.15) is 29.4 Å². The van der Waals surface area contributed by atoms with E-state index in [0.29, 0.717) is 17.3 Å². The molecular formula is C24H23F5N4O2. The number of halogens is 5. The predicted octanol–water partition coefficient (Wildman–Crippen LogP) is 5.07. The molecule has 2 aromatic heterocycles. The molecule has 0 N–H and O–H groups in total. The molecule has 0 bridgehead atoms. The van der Waals surface area contributed by atoms with E-state index in [1.165, 1.54) is 4.68 Å². The summed E-state index contributed by atoms with van der Waals surface area (Å²) >= 11 is 0. The van der Waals surface area contributed by atoms with Gasteiger partial charge in [-0.15, -0.1) is 0 Å². The fourth-order valence-electron chi connectivity index (χ4n) is 4.24. The number of carbonyl (C=O) groups excluding carboxylic acids is 1. The maximum absolute atomic E-state index is 14.5. The lowest BCUT2D eigenvalue weighted by atomic mass is 9.88. The van der Waals surface area contributed by atoms with Crippen LogP contribution in [0.5, 0.6) is 5.88 Å². The predicted molar refractivity (Wildman–Crippen MR) is 117 cm³/mol. The number of ether oxygens (including phenoxy) is 1. The van der Waals surface area contributed by atoms with Gasteiger partial charge in [-0.25, -0.2) is 13.8 Å². The van der Waals surface area contributed by atoms with Gasteiger partial charge >= 0.3 is 6.18 Å². The molecule has 3 aromatic rings. The maximum atomic E-state index is 14.5. The van der Waals surface area contributed by atoms with Gasteiger partial charge < -0.3 is 9.64 Å². The number of hydrogen-bond acceptors (Lipinski definition) is 4. The molecule has 0 spiro atoms. The zero-order chi connectivity index (χ0) is 25.4. The second-order valence-corrected chi connectivity index (χ2v) is 8.66. The van der Waals surface area contributed by atoms with Crippen molar-refractivity contribution in [3.63, 3.8) is 0 Å². The molecule has 6 nitrogen and oxygen atoms in total. The molecule has 0 saturated carbocycles. The van der Waals surface area contributed by atoms with Crippen molar-refractivity contribution in [2.24, 2.45) is 13.0 Å². The monoisotopic (exact) mass is 494 g/mol. The summed E-state index contributed by atoms with van der Waals surface area (Å²) in [6, 6.07) is 10.1. The number of aryl methyl sites for hydroxylation is 1. The second kappa shape index (κ2) is 9.27. The number of pyridine rings is 1. The minimum atomic E-state index is -4.54. The fraction of sp³-hybridized carbons (Fsp3) is 0.375. The third kappa shape index (κ3) is 5.44. The second-order valence-electron chi connectivity index (χ2n) is 8.66. The molecule has 11 heteroatoms. The molecule has 35 heavy (non-hydrogen) atoms. The molecule has 1 aromatic carbocycles. The maximum Gasteiger partial charge on any atom is 0.417 e. The molecule has 4 rings (SSSR count). The summed E-state index contributed by atoms with van der Waals surface area (Å²) in [6.07, 6.45) is -2.72. The van der Waals surface area contributed by atoms with E-state index in [-0.39, 0.29) is 18.2 Å². The largest absolute Gasteiger partial charge is 0.475 e. The van der Waals surface area contributed by atoms with E-state index in [1.54, 1.807) is 44.4 Å². The van der Waals surface area contributed by atoms with Crippen LogP contribution in [-0.2, 0) is 13.2 Å². The number of hydrogen-bond donors (Lipinski definition) is 0. The summed E-state index contributed by atoms with van der Waals surface area (Å²) < 4.78 is 74.4. The van der Waals surface area contributed by atoms with Crippen LogP contribution in [0.4, 0.5) is 22.0 Å². The van der Waals surface area contributed by atoms with E-state index in [4.69, 9.17) is 4.74 Å². The van der Waals surface area contributed by atoms with Crippen molar-refractivity contribution in [1.29, 1.82) is 0 Å². The van der Waals surface area contributed by atoms with Crippen molar-refractivity contribution >= 4 is 5.91 Å². The van der Waals surface area contributed by atoms with Gasteiger partial charge in [-0.2, -0.15) is 18.3 Å². The molecule has 186 valence electrons. The summed E-state index contributed by atoms with van der Waals surface area (Å²) in [4.78, 5) is 18.2. The zero-order valence-electron chi connectivity index (χ0n) is 19.0. The van der Waals surface area contributed by atoms with Crippen LogP contribution in [-0.4, -0.2) is 50.7 Å². The summed E-state index contributed by atoms with van der Waals surface area (Å²) in [7, 11) is 1.63. The Hall–Kier alpha value is -3.50. The fourth-order valence-corrected chi connectivity index (χ4v) is 4.24. The van der Waals surface area contributed by atoms with Gasteiger partial charge in [-0.05, 0) is 17.5 Å². The highest BCUT2D eigenvalue weighted by atomic mass is 19.4. The Balaban J connectivity index is 1.60. The smallest absolute Gasteiger partial charge is 0.417 e. The van der Waals surface area contributed by atoms with Gasteiger partial charge in [0.25, 0.3) is 11.8 Å². The Bertz CT molecular complexity index is 1180. The van der Waals surface area contributed by atoms with Gasteiger partial charge in [0, 0.05) is 37.5 Å². The number of likely N-dealkylation sites (tertiary alicyclic amines) is 1. The SMILES string of the molecule is C[C@@H]1CC(F)(F)CN(C(=O)c2nn(C)cc2-c2ccccc2)C1COc1ccc(C(F)(F)F)cn1. The third-order valence-corrected chi connectivity index (χ3v) is 5.92. The molecular weight excluding hydrogens is 471 g/mol. The van der Waals surface area contributed by atoms with Crippen molar-refractivity contribution in [3.05, 3.63) is 66.1 Å². The van der Waals surface area contributed by atoms with Crippen molar-refractivity contribution in [3.8, 4) is 17.0 Å². The molecule has 3 heterocycles. The Kier molecular flexibility index (Phi) is 6.52. The molecule has 0 radical (unpaired) electrons. The van der Waals surface area contributed by atoms with Crippen molar-refractivity contribution < 1.29 is 31.5 Å². The van der Waals surface area contributed by atoms with Gasteiger partial charge in [-0.3, -0.25) is 9.48 Å². The summed E-state index contributed by atoms with van der Waals surface area (Å²) in [6.45, 7) is 0.544. The van der Waals surface area contributed by atoms with E-state index < -0.39 is 48.5 Å². The van der Waals surface area contributed by atoms with Gasteiger partial charge in [0.15, 0.2) is 5.69 Å². The summed E-state index contributed by atoms with van der Waals surface area (Å²) in [5.41, 5.74) is 0.309. The topological polar surface area (TPSA) is 60.2 Å². The van der Waals surface area contributed by atoms with Crippen molar-refractivity contribution in [1.82, 2.24) is 19.7 Å². The molecule has 0 aliphatic carbocycles. The van der Waals surface area contributed by atoms with Crippen LogP contribution in [0, 0.1) is 5.92 Å². The first-order chi connectivity index (χ1) is 16.4. The zero-order valence-corrected chi connectivity index (χ0v) is 19.0. The number of piperidine rings is 1. The van der Waals surface area contributed by atoms with Crippen LogP contribution in [0.25, 0.3) is 11.1 Å². The Labute approximate surface area is 198 Å². The number of alkyl halides is 5. The van der Waals surface area contributed by atoms with Gasteiger partial charge in [0.05, 0.1) is 18.2 Å². The number of nitrogens with zero attached hydrogens (tertiary/aromatic N) is 4. The molecule has 2 atom stereocenters. The number of benzene rings is 1.